The van der Waals surface area contributed by atoms with Crippen molar-refractivity contribution in [2.75, 3.05) is 13.4 Å². The first-order valence-electron chi connectivity index (χ1n) is 14.5. The Labute approximate surface area is 253 Å². The van der Waals surface area contributed by atoms with Gasteiger partial charge >= 0.3 is 0 Å². The molecule has 7 aromatic rings. The Morgan fingerprint density at radius 3 is 2.48 bits per heavy atom. The number of ether oxygens (including phenoxy) is 2. The second-order valence-corrected chi connectivity index (χ2v) is 10.8. The zero-order chi connectivity index (χ0) is 29.6. The molecule has 0 saturated carbocycles. The van der Waals surface area contributed by atoms with Crippen LogP contribution in [0.1, 0.15) is 11.1 Å². The lowest BCUT2D eigenvalue weighted by atomic mass is 9.97. The first kappa shape index (κ1) is 25.8. The number of hydrogen-bond acceptors (Lipinski definition) is 4. The largest absolute Gasteiger partial charge is 0.467 e. The number of nitrogens with zero attached hydrogens (tertiary/aromatic N) is 2. The smallest absolute Gasteiger partial charge is 0.189 e. The molecule has 0 aliphatic carbocycles. The minimum atomic E-state index is 0.102. The monoisotopic (exact) mass is 570 g/mol. The van der Waals surface area contributed by atoms with Crippen LogP contribution in [-0.4, -0.2) is 18.0 Å². The van der Waals surface area contributed by atoms with E-state index in [1.165, 1.54) is 0 Å². The minimum Gasteiger partial charge on any atom is -0.467 e. The van der Waals surface area contributed by atoms with Crippen LogP contribution in [0.15, 0.2) is 132 Å². The van der Waals surface area contributed by atoms with Crippen LogP contribution in [0, 0.1) is 11.3 Å². The summed E-state index contributed by atoms with van der Waals surface area (Å²) in [5.74, 6) is 0.680. The van der Waals surface area contributed by atoms with Crippen molar-refractivity contribution in [1.82, 2.24) is 4.57 Å². The van der Waals surface area contributed by atoms with E-state index in [2.05, 4.69) is 77.9 Å². The van der Waals surface area contributed by atoms with Gasteiger partial charge in [-0.15, -0.1) is 0 Å². The Kier molecular flexibility index (Phi) is 6.15. The molecule has 210 valence electrons. The van der Waals surface area contributed by atoms with Crippen molar-refractivity contribution in [3.8, 4) is 22.9 Å². The molecular formula is C39H26N2O3. The second kappa shape index (κ2) is 10.5. The maximum atomic E-state index is 9.56. The Bertz CT molecular complexity index is 2380. The van der Waals surface area contributed by atoms with E-state index >= 15 is 0 Å². The van der Waals surface area contributed by atoms with Crippen LogP contribution < -0.4 is 4.74 Å². The molecule has 0 bridgehead atoms. The van der Waals surface area contributed by atoms with Crippen LogP contribution in [0.25, 0.3) is 66.1 Å². The van der Waals surface area contributed by atoms with E-state index in [1.807, 2.05) is 60.7 Å². The molecule has 0 unspecified atom stereocenters. The Balaban J connectivity index is 1.27. The topological polar surface area (TPSA) is 60.3 Å². The molecule has 0 N–H and O–H groups in total. The first-order chi connectivity index (χ1) is 21.7. The van der Waals surface area contributed by atoms with Crippen molar-refractivity contribution in [2.24, 2.45) is 0 Å². The van der Waals surface area contributed by atoms with Crippen molar-refractivity contribution in [3.63, 3.8) is 0 Å². The number of nitriles is 1. The lowest BCUT2D eigenvalue weighted by Crippen LogP contribution is -2.04. The average molecular weight is 571 g/mol. The average Bonchev–Trinajstić information content (AvgIpc) is 3.60. The summed E-state index contributed by atoms with van der Waals surface area (Å²) >= 11 is 0. The number of aromatic nitrogens is 1. The van der Waals surface area contributed by atoms with Gasteiger partial charge in [-0.2, -0.15) is 5.26 Å². The van der Waals surface area contributed by atoms with Gasteiger partial charge in [0.25, 0.3) is 0 Å². The van der Waals surface area contributed by atoms with Crippen molar-refractivity contribution in [2.45, 2.75) is 0 Å². The van der Waals surface area contributed by atoms with Gasteiger partial charge in [0, 0.05) is 38.4 Å². The van der Waals surface area contributed by atoms with Gasteiger partial charge in [-0.3, -0.25) is 0 Å². The highest BCUT2D eigenvalue weighted by atomic mass is 16.7. The third-order valence-corrected chi connectivity index (χ3v) is 8.23. The van der Waals surface area contributed by atoms with E-state index in [0.717, 1.165) is 71.7 Å². The van der Waals surface area contributed by atoms with E-state index in [0.29, 0.717) is 17.9 Å². The second-order valence-electron chi connectivity index (χ2n) is 10.8. The lowest BCUT2D eigenvalue weighted by molar-refractivity contribution is 0.0305. The lowest BCUT2D eigenvalue weighted by Gasteiger charge is -2.15. The summed E-state index contributed by atoms with van der Waals surface area (Å²) in [4.78, 5) is 0. The molecule has 3 heterocycles. The van der Waals surface area contributed by atoms with Crippen LogP contribution in [-0.2, 0) is 4.74 Å². The highest BCUT2D eigenvalue weighted by Crippen LogP contribution is 2.39. The van der Waals surface area contributed by atoms with Crippen LogP contribution in [0.3, 0.4) is 0 Å². The van der Waals surface area contributed by atoms with Gasteiger partial charge in [0.1, 0.15) is 16.9 Å². The van der Waals surface area contributed by atoms with Gasteiger partial charge in [-0.25, -0.2) is 0 Å². The minimum absolute atomic E-state index is 0.102. The molecule has 0 spiro atoms. The van der Waals surface area contributed by atoms with Gasteiger partial charge in [0.15, 0.2) is 6.79 Å². The van der Waals surface area contributed by atoms with E-state index in [9.17, 15) is 5.26 Å². The number of furan rings is 1. The summed E-state index contributed by atoms with van der Waals surface area (Å²) in [6, 6.07) is 36.9. The summed E-state index contributed by atoms with van der Waals surface area (Å²) in [6.45, 7) is 4.97. The maximum Gasteiger partial charge on any atom is 0.189 e. The normalized spacial score (nSPS) is 15.8. The molecule has 2 aromatic heterocycles. The summed E-state index contributed by atoms with van der Waals surface area (Å²) in [7, 11) is 0. The highest BCUT2D eigenvalue weighted by molar-refractivity contribution is 6.12. The first-order valence-corrected chi connectivity index (χ1v) is 14.5. The van der Waals surface area contributed by atoms with E-state index in [-0.39, 0.29) is 6.79 Å². The molecule has 0 radical (unpaired) electrons. The van der Waals surface area contributed by atoms with Crippen molar-refractivity contribution in [1.29, 1.82) is 5.26 Å². The molecule has 5 nitrogen and oxygen atoms in total. The molecule has 0 amide bonds. The number of benzene rings is 5. The van der Waals surface area contributed by atoms with Gasteiger partial charge < -0.3 is 18.5 Å². The van der Waals surface area contributed by atoms with E-state index < -0.39 is 0 Å². The molecule has 44 heavy (non-hydrogen) atoms. The van der Waals surface area contributed by atoms with Crippen molar-refractivity contribution >= 4 is 55.0 Å². The van der Waals surface area contributed by atoms with Gasteiger partial charge in [0.05, 0.1) is 29.3 Å². The molecule has 0 fully saturated rings. The molecular weight excluding hydrogens is 544 g/mol. The fourth-order valence-corrected chi connectivity index (χ4v) is 6.20. The zero-order valence-corrected chi connectivity index (χ0v) is 23.8. The Morgan fingerprint density at radius 1 is 0.750 bits per heavy atom. The van der Waals surface area contributed by atoms with Crippen molar-refractivity contribution < 1.29 is 13.9 Å². The van der Waals surface area contributed by atoms with Gasteiger partial charge in [-0.1, -0.05) is 79.4 Å². The summed E-state index contributed by atoms with van der Waals surface area (Å²) in [6.07, 6.45) is 6.11. The number of rotatable bonds is 2. The van der Waals surface area contributed by atoms with Crippen LogP contribution >= 0.6 is 0 Å². The quantitative estimate of drug-likeness (QED) is 0.208. The maximum absolute atomic E-state index is 9.56. The molecule has 1 aliphatic heterocycles. The molecule has 0 atom stereocenters. The summed E-state index contributed by atoms with van der Waals surface area (Å²) in [5, 5.41) is 13.8. The number of hydrogen-bond donors (Lipinski definition) is 0. The van der Waals surface area contributed by atoms with Crippen LogP contribution in [0.4, 0.5) is 0 Å². The standard InChI is InChI=1S/C39H26N2O3/c1-25-20-28(41-35-13-4-2-9-31(35)34-21-26(23-40)15-18-36(34)41)8-7-19-42-24-43-38-22-27(16-17-29(25)38)30-11-6-12-33-32-10-3-5-14-37(32)44-39(30)33/h2-18,20-22H,1,19,24H2/b8-7-,28-20+. The highest BCUT2D eigenvalue weighted by Gasteiger charge is 2.17. The molecule has 5 heteroatoms. The number of para-hydroxylation sites is 3. The van der Waals surface area contributed by atoms with Crippen LogP contribution in [0.5, 0.6) is 5.75 Å². The molecule has 1 aliphatic rings. The van der Waals surface area contributed by atoms with Crippen LogP contribution in [0.2, 0.25) is 0 Å². The van der Waals surface area contributed by atoms with Gasteiger partial charge in [-0.05, 0) is 59.7 Å². The Morgan fingerprint density at radius 2 is 1.57 bits per heavy atom. The van der Waals surface area contributed by atoms with Gasteiger partial charge in [0.2, 0.25) is 0 Å². The third-order valence-electron chi connectivity index (χ3n) is 8.23. The fourth-order valence-electron chi connectivity index (χ4n) is 6.20. The summed E-state index contributed by atoms with van der Waals surface area (Å²) in [5.41, 5.74) is 8.96. The van der Waals surface area contributed by atoms with Crippen molar-refractivity contribution in [3.05, 3.63) is 139 Å². The SMILES string of the molecule is C=C1/C=C(n2c3ccccc3c3cc(C#N)ccc32)\C=C/COCOc2cc(-c3cccc4c3oc3ccccc34)ccc21. The van der Waals surface area contributed by atoms with E-state index in [4.69, 9.17) is 13.9 Å². The predicted octanol–water partition coefficient (Wildman–Crippen LogP) is 9.71. The van der Waals surface area contributed by atoms with E-state index in [1.54, 1.807) is 0 Å². The fraction of sp³-hybridized carbons (Fsp3) is 0.0513. The molecule has 0 saturated heterocycles. The predicted molar refractivity (Wildman–Crippen MR) is 177 cm³/mol. The third kappa shape index (κ3) is 4.20. The Hall–Kier alpha value is -5.83. The summed E-state index contributed by atoms with van der Waals surface area (Å²) < 4.78 is 20.6. The zero-order valence-electron chi connectivity index (χ0n) is 23.8. The number of allylic oxidation sites excluding steroid dienone is 4. The molecule has 5 aromatic carbocycles. The number of fused-ring (bicyclic) bond motifs is 7. The molecule has 8 rings (SSSR count).